The molecule has 0 saturated heterocycles. The van der Waals surface area contributed by atoms with Crippen LogP contribution in [0.1, 0.15) is 25.8 Å². The summed E-state index contributed by atoms with van der Waals surface area (Å²) in [5, 5.41) is 5.12. The summed E-state index contributed by atoms with van der Waals surface area (Å²) in [4.78, 5) is 0. The van der Waals surface area contributed by atoms with Crippen LogP contribution < -0.4 is 5.32 Å². The minimum Gasteiger partial charge on any atom is -0.313 e. The molecule has 6 heteroatoms. The van der Waals surface area contributed by atoms with Crippen molar-refractivity contribution in [2.75, 3.05) is 20.1 Å². The molecular weight excluding hydrogens is 280 g/mol. The summed E-state index contributed by atoms with van der Waals surface area (Å²) in [5.74, 6) is 1.21. The Balaban J connectivity index is 2.03. The molecule has 2 rings (SSSR count). The van der Waals surface area contributed by atoms with Gasteiger partial charge in [0.2, 0.25) is 0 Å². The molecule has 1 N–H and O–H groups in total. The standard InChI is InChI=1S/C13H22N2O2S2/c1-4-14-7-11-6-13(18-9-11)19(16,17)15(3)8-12-5-10(12)2/h6,9-10,12,14H,4-5,7-8H2,1-3H3. The summed E-state index contributed by atoms with van der Waals surface area (Å²) >= 11 is 1.31. The van der Waals surface area contributed by atoms with Crippen LogP contribution in [0.5, 0.6) is 0 Å². The lowest BCUT2D eigenvalue weighted by Crippen LogP contribution is -2.28. The molecule has 1 aromatic rings. The summed E-state index contributed by atoms with van der Waals surface area (Å²) in [7, 11) is -1.61. The van der Waals surface area contributed by atoms with Crippen molar-refractivity contribution in [3.63, 3.8) is 0 Å². The molecule has 1 saturated carbocycles. The second-order valence-electron chi connectivity index (χ2n) is 5.31. The largest absolute Gasteiger partial charge is 0.313 e. The molecule has 19 heavy (non-hydrogen) atoms. The molecule has 1 fully saturated rings. The van der Waals surface area contributed by atoms with E-state index in [9.17, 15) is 8.42 Å². The average Bonchev–Trinajstić information content (AvgIpc) is 2.88. The Labute approximate surface area is 119 Å². The maximum absolute atomic E-state index is 12.4. The number of hydrogen-bond acceptors (Lipinski definition) is 4. The van der Waals surface area contributed by atoms with E-state index in [4.69, 9.17) is 0 Å². The van der Waals surface area contributed by atoms with Gasteiger partial charge in [-0.05, 0) is 41.8 Å². The molecule has 2 atom stereocenters. The fraction of sp³-hybridized carbons (Fsp3) is 0.692. The van der Waals surface area contributed by atoms with Gasteiger partial charge in [-0.1, -0.05) is 13.8 Å². The molecule has 0 radical (unpaired) electrons. The van der Waals surface area contributed by atoms with E-state index in [1.54, 1.807) is 13.1 Å². The van der Waals surface area contributed by atoms with Gasteiger partial charge in [0.1, 0.15) is 4.21 Å². The first-order chi connectivity index (χ1) is 8.95. The van der Waals surface area contributed by atoms with Crippen molar-refractivity contribution in [1.82, 2.24) is 9.62 Å². The van der Waals surface area contributed by atoms with Crippen LogP contribution in [0, 0.1) is 11.8 Å². The Bertz CT molecular complexity index is 525. The molecule has 2 unspecified atom stereocenters. The smallest absolute Gasteiger partial charge is 0.252 e. The highest BCUT2D eigenvalue weighted by molar-refractivity contribution is 7.91. The predicted octanol–water partition coefficient (Wildman–Crippen LogP) is 2.13. The van der Waals surface area contributed by atoms with Gasteiger partial charge < -0.3 is 5.32 Å². The third kappa shape index (κ3) is 3.56. The minimum absolute atomic E-state index is 0.455. The maximum Gasteiger partial charge on any atom is 0.252 e. The number of rotatable bonds is 7. The molecule has 1 aromatic heterocycles. The molecule has 1 heterocycles. The summed E-state index contributed by atoms with van der Waals surface area (Å²) < 4.78 is 26.8. The average molecular weight is 302 g/mol. The number of sulfonamides is 1. The van der Waals surface area contributed by atoms with Gasteiger partial charge in [-0.2, -0.15) is 4.31 Å². The Morgan fingerprint density at radius 3 is 2.79 bits per heavy atom. The normalized spacial score (nSPS) is 22.9. The van der Waals surface area contributed by atoms with Crippen LogP contribution in [0.25, 0.3) is 0 Å². The third-order valence-corrected chi connectivity index (χ3v) is 6.93. The molecule has 0 aromatic carbocycles. The minimum atomic E-state index is -3.30. The van der Waals surface area contributed by atoms with Gasteiger partial charge in [0.05, 0.1) is 0 Å². The molecule has 4 nitrogen and oxygen atoms in total. The first-order valence-electron chi connectivity index (χ1n) is 6.69. The molecular formula is C13H22N2O2S2. The third-order valence-electron chi connectivity index (χ3n) is 3.64. The van der Waals surface area contributed by atoms with Crippen molar-refractivity contribution in [3.8, 4) is 0 Å². The lowest BCUT2D eigenvalue weighted by atomic mass is 10.3. The Kier molecular flexibility index (Phi) is 4.66. The second kappa shape index (κ2) is 5.91. The number of nitrogens with zero attached hydrogens (tertiary/aromatic N) is 1. The van der Waals surface area contributed by atoms with Crippen LogP contribution in [-0.2, 0) is 16.6 Å². The van der Waals surface area contributed by atoms with Gasteiger partial charge in [-0.3, -0.25) is 0 Å². The highest BCUT2D eigenvalue weighted by Crippen LogP contribution is 2.39. The summed E-state index contributed by atoms with van der Waals surface area (Å²) in [6.45, 7) is 6.46. The van der Waals surface area contributed by atoms with E-state index in [1.807, 2.05) is 12.3 Å². The Morgan fingerprint density at radius 1 is 1.53 bits per heavy atom. The van der Waals surface area contributed by atoms with Crippen molar-refractivity contribution in [2.45, 2.75) is 31.0 Å². The zero-order valence-corrected chi connectivity index (χ0v) is 13.4. The van der Waals surface area contributed by atoms with Gasteiger partial charge in [-0.25, -0.2) is 8.42 Å². The van der Waals surface area contributed by atoms with E-state index in [1.165, 1.54) is 15.6 Å². The van der Waals surface area contributed by atoms with E-state index >= 15 is 0 Å². The molecule has 0 aliphatic heterocycles. The van der Waals surface area contributed by atoms with Crippen molar-refractivity contribution in [1.29, 1.82) is 0 Å². The zero-order chi connectivity index (χ0) is 14.0. The summed E-state index contributed by atoms with van der Waals surface area (Å²) in [5.41, 5.74) is 1.04. The van der Waals surface area contributed by atoms with Crippen molar-refractivity contribution in [2.24, 2.45) is 11.8 Å². The van der Waals surface area contributed by atoms with Gasteiger partial charge in [-0.15, -0.1) is 11.3 Å². The number of nitrogens with one attached hydrogen (secondary N) is 1. The monoisotopic (exact) mass is 302 g/mol. The van der Waals surface area contributed by atoms with Crippen LogP contribution in [0.4, 0.5) is 0 Å². The van der Waals surface area contributed by atoms with E-state index in [2.05, 4.69) is 12.2 Å². The molecule has 0 bridgehead atoms. The zero-order valence-electron chi connectivity index (χ0n) is 11.7. The fourth-order valence-corrected chi connectivity index (χ4v) is 4.73. The van der Waals surface area contributed by atoms with Crippen LogP contribution >= 0.6 is 11.3 Å². The summed E-state index contributed by atoms with van der Waals surface area (Å²) in [6, 6.07) is 1.79. The molecule has 0 spiro atoms. The number of hydrogen-bond donors (Lipinski definition) is 1. The van der Waals surface area contributed by atoms with E-state index < -0.39 is 10.0 Å². The van der Waals surface area contributed by atoms with Crippen LogP contribution in [-0.4, -0.2) is 32.9 Å². The summed E-state index contributed by atoms with van der Waals surface area (Å²) in [6.07, 6.45) is 1.15. The van der Waals surface area contributed by atoms with Gasteiger partial charge in [0, 0.05) is 20.1 Å². The van der Waals surface area contributed by atoms with Gasteiger partial charge >= 0.3 is 0 Å². The first kappa shape index (κ1) is 15.0. The quantitative estimate of drug-likeness (QED) is 0.839. The van der Waals surface area contributed by atoms with Crippen LogP contribution in [0.3, 0.4) is 0 Å². The van der Waals surface area contributed by atoms with Crippen molar-refractivity contribution >= 4 is 21.4 Å². The van der Waals surface area contributed by atoms with Crippen molar-refractivity contribution < 1.29 is 8.42 Å². The highest BCUT2D eigenvalue weighted by atomic mass is 32.2. The van der Waals surface area contributed by atoms with E-state index in [-0.39, 0.29) is 0 Å². The lowest BCUT2D eigenvalue weighted by molar-refractivity contribution is 0.446. The molecule has 1 aliphatic rings. The second-order valence-corrected chi connectivity index (χ2v) is 8.50. The molecule has 108 valence electrons. The molecule has 1 aliphatic carbocycles. The first-order valence-corrected chi connectivity index (χ1v) is 9.01. The molecule has 0 amide bonds. The van der Waals surface area contributed by atoms with Crippen LogP contribution in [0.2, 0.25) is 0 Å². The van der Waals surface area contributed by atoms with Crippen LogP contribution in [0.15, 0.2) is 15.7 Å². The Morgan fingerprint density at radius 2 is 2.21 bits per heavy atom. The maximum atomic E-state index is 12.4. The van der Waals surface area contributed by atoms with E-state index in [0.29, 0.717) is 22.6 Å². The fourth-order valence-electron chi connectivity index (χ4n) is 2.09. The van der Waals surface area contributed by atoms with Gasteiger partial charge in [0.15, 0.2) is 0 Å². The lowest BCUT2D eigenvalue weighted by Gasteiger charge is -2.15. The van der Waals surface area contributed by atoms with Crippen molar-refractivity contribution in [3.05, 3.63) is 17.0 Å². The SMILES string of the molecule is CCNCc1csc(S(=O)(=O)N(C)CC2CC2C)c1. The Hall–Kier alpha value is -0.430. The predicted molar refractivity (Wildman–Crippen MR) is 78.8 cm³/mol. The van der Waals surface area contributed by atoms with E-state index in [0.717, 1.165) is 25.1 Å². The number of thiophene rings is 1. The van der Waals surface area contributed by atoms with Gasteiger partial charge in [0.25, 0.3) is 10.0 Å². The topological polar surface area (TPSA) is 49.4 Å². The highest BCUT2D eigenvalue weighted by Gasteiger charge is 2.36.